The first-order valence-corrected chi connectivity index (χ1v) is 4.47. The summed E-state index contributed by atoms with van der Waals surface area (Å²) >= 11 is 0. The van der Waals surface area contributed by atoms with Gasteiger partial charge < -0.3 is 15.3 Å². The molecule has 7 heteroatoms. The summed E-state index contributed by atoms with van der Waals surface area (Å²) in [7, 11) is 0. The zero-order chi connectivity index (χ0) is 11.0. The van der Waals surface area contributed by atoms with Gasteiger partial charge in [0.05, 0.1) is 0 Å². The van der Waals surface area contributed by atoms with Crippen molar-refractivity contribution in [2.24, 2.45) is 0 Å². The number of rotatable bonds is 1. The molecule has 0 amide bonds. The van der Waals surface area contributed by atoms with Crippen LogP contribution in [0.1, 0.15) is 6.92 Å². The van der Waals surface area contributed by atoms with Crippen LogP contribution in [0.25, 0.3) is 11.0 Å². The van der Waals surface area contributed by atoms with Gasteiger partial charge in [-0.1, -0.05) is 6.92 Å². The molecule has 0 aliphatic carbocycles. The zero-order valence-corrected chi connectivity index (χ0v) is 14.0. The third-order valence-electron chi connectivity index (χ3n) is 2.14. The van der Waals surface area contributed by atoms with Gasteiger partial charge in [-0.05, 0) is 24.3 Å². The Kier molecular flexibility index (Phi) is 4.60. The van der Waals surface area contributed by atoms with E-state index in [4.69, 9.17) is 5.73 Å². The summed E-state index contributed by atoms with van der Waals surface area (Å²) in [5.41, 5.74) is 4.98. The van der Waals surface area contributed by atoms with E-state index >= 15 is 0 Å². The van der Waals surface area contributed by atoms with Crippen molar-refractivity contribution >= 4 is 16.9 Å². The monoisotopic (exact) mass is 290 g/mol. The minimum atomic E-state index is -0.486. The predicted octanol–water partition coefficient (Wildman–Crippen LogP) is -3.68. The number of hydrogen-bond acceptors (Lipinski definition) is 4. The van der Waals surface area contributed by atoms with Gasteiger partial charge in [0.25, 0.3) is 5.69 Å². The molecule has 2 aromatic rings. The molecule has 0 unspecified atom stereocenters. The maximum Gasteiger partial charge on any atom is 1.00 e. The first kappa shape index (κ1) is 13.8. The molecular weight excluding hydrogens is 282 g/mol. The van der Waals surface area contributed by atoms with E-state index in [1.54, 1.807) is 6.92 Å². The first-order valence-electron chi connectivity index (χ1n) is 4.47. The molecule has 6 nitrogen and oxygen atoms in total. The minimum absolute atomic E-state index is 0. The molecule has 2 heterocycles. The Labute approximate surface area is 140 Å². The van der Waals surface area contributed by atoms with E-state index in [2.05, 4.69) is 9.97 Å². The predicted molar refractivity (Wildman–Crippen MR) is 55.7 cm³/mol. The van der Waals surface area contributed by atoms with Crippen LogP contribution in [0, 0.1) is 0 Å². The normalized spacial score (nSPS) is 10.1. The number of aromatic nitrogens is 3. The van der Waals surface area contributed by atoms with Crippen LogP contribution in [0.5, 0.6) is 0 Å². The fourth-order valence-corrected chi connectivity index (χ4v) is 1.44. The number of anilines is 1. The number of nitrogens with two attached hydrogens (primary N) is 1. The second kappa shape index (κ2) is 5.35. The number of hydrogen-bond donors (Lipinski definition) is 1. The van der Waals surface area contributed by atoms with Gasteiger partial charge in [0.2, 0.25) is 0 Å². The second-order valence-electron chi connectivity index (χ2n) is 3.04. The Hall–Kier alpha value is -0.305. The molecule has 0 saturated heterocycles. The number of fused-ring (bicyclic) bond motifs is 1. The van der Waals surface area contributed by atoms with Crippen LogP contribution >= 0.6 is 0 Å². The fraction of sp³-hybridized carbons (Fsp3) is 0.222. The van der Waals surface area contributed by atoms with Crippen LogP contribution in [0.3, 0.4) is 0 Å². The van der Waals surface area contributed by atoms with Crippen LogP contribution in [-0.2, 0) is 6.54 Å². The van der Waals surface area contributed by atoms with Gasteiger partial charge in [-0.2, -0.15) is 4.98 Å². The summed E-state index contributed by atoms with van der Waals surface area (Å²) in [4.78, 5) is 29.9. The molecular formula is C9H9N4O2Rb. The van der Waals surface area contributed by atoms with Gasteiger partial charge in [-0.25, -0.2) is 0 Å². The van der Waals surface area contributed by atoms with Gasteiger partial charge in [-0.3, -0.25) is 9.59 Å². The van der Waals surface area contributed by atoms with Gasteiger partial charge in [-0.15, -0.1) is 0 Å². The summed E-state index contributed by atoms with van der Waals surface area (Å²) in [6.07, 6.45) is 0. The Morgan fingerprint density at radius 3 is 2.75 bits per heavy atom. The molecule has 78 valence electrons. The van der Waals surface area contributed by atoms with Crippen molar-refractivity contribution in [1.82, 2.24) is 14.5 Å². The van der Waals surface area contributed by atoms with Crippen molar-refractivity contribution in [2.75, 3.05) is 5.73 Å². The number of pyridine rings is 1. The Balaban J connectivity index is 0.00000128. The molecule has 2 rings (SSSR count). The molecule has 0 bridgehead atoms. The SMILES string of the molecule is CCn1c(=O)nc(N)c2ccc(=O)[n-]c21.[Rb+]. The summed E-state index contributed by atoms with van der Waals surface area (Å²) in [5.74, 6) is 0.104. The van der Waals surface area contributed by atoms with Crippen LogP contribution < -0.4 is 80.2 Å². The maximum absolute atomic E-state index is 11.4. The Morgan fingerprint density at radius 2 is 2.12 bits per heavy atom. The van der Waals surface area contributed by atoms with E-state index < -0.39 is 11.2 Å². The summed E-state index contributed by atoms with van der Waals surface area (Å²) < 4.78 is 1.31. The van der Waals surface area contributed by atoms with Crippen LogP contribution in [0.15, 0.2) is 21.7 Å². The number of aryl methyl sites for hydroxylation is 1. The van der Waals surface area contributed by atoms with E-state index in [1.807, 2.05) is 0 Å². The molecule has 0 atom stereocenters. The first-order chi connectivity index (χ1) is 7.13. The van der Waals surface area contributed by atoms with Gasteiger partial charge in [0, 0.05) is 5.39 Å². The third-order valence-corrected chi connectivity index (χ3v) is 2.14. The molecule has 0 aliphatic rings. The Morgan fingerprint density at radius 1 is 1.44 bits per heavy atom. The van der Waals surface area contributed by atoms with E-state index in [-0.39, 0.29) is 64.0 Å². The van der Waals surface area contributed by atoms with Crippen LogP contribution in [0.2, 0.25) is 0 Å². The third kappa shape index (κ3) is 2.34. The van der Waals surface area contributed by atoms with E-state index in [0.717, 1.165) is 0 Å². The van der Waals surface area contributed by atoms with Crippen molar-refractivity contribution in [3.63, 3.8) is 0 Å². The number of nitrogen functional groups attached to an aromatic ring is 1. The van der Waals surface area contributed by atoms with Crippen molar-refractivity contribution in [3.8, 4) is 0 Å². The molecule has 2 N–H and O–H groups in total. The molecule has 0 aromatic carbocycles. The van der Waals surface area contributed by atoms with Crippen molar-refractivity contribution < 1.29 is 58.2 Å². The topological polar surface area (TPSA) is 92.1 Å². The Bertz CT molecular complexity index is 631. The maximum atomic E-state index is 11.4. The molecule has 16 heavy (non-hydrogen) atoms. The van der Waals surface area contributed by atoms with Crippen LogP contribution in [0.4, 0.5) is 5.82 Å². The van der Waals surface area contributed by atoms with E-state index in [1.165, 1.54) is 16.7 Å². The average Bonchev–Trinajstić information content (AvgIpc) is 2.17. The van der Waals surface area contributed by atoms with E-state index in [9.17, 15) is 9.59 Å². The van der Waals surface area contributed by atoms with Gasteiger partial charge in [0.1, 0.15) is 5.82 Å². The van der Waals surface area contributed by atoms with Crippen molar-refractivity contribution in [1.29, 1.82) is 0 Å². The van der Waals surface area contributed by atoms with E-state index in [0.29, 0.717) is 17.6 Å². The standard InChI is InChI=1S/C9H10N4O2.Rb/c1-2-13-8-5(3-4-6(14)11-8)7(10)12-9(13)15;/h3-4H,2H2,1H3,(H3,10,11,12,14,15);/q;+1/p-1. The summed E-state index contributed by atoms with van der Waals surface area (Å²) in [6, 6.07) is 2.82. The van der Waals surface area contributed by atoms with Gasteiger partial charge >= 0.3 is 58.2 Å². The second-order valence-corrected chi connectivity index (χ2v) is 3.04. The number of nitrogens with zero attached hydrogens (tertiary/aromatic N) is 3. The average molecular weight is 291 g/mol. The smallest absolute Gasteiger partial charge is 0.400 e. The van der Waals surface area contributed by atoms with Crippen molar-refractivity contribution in [2.45, 2.75) is 13.5 Å². The molecule has 0 fully saturated rings. The molecule has 0 saturated carbocycles. The minimum Gasteiger partial charge on any atom is -0.400 e. The molecule has 2 aromatic heterocycles. The largest absolute Gasteiger partial charge is 1.00 e. The molecule has 0 aliphatic heterocycles. The summed E-state index contributed by atoms with van der Waals surface area (Å²) in [5, 5.41) is 0.524. The van der Waals surface area contributed by atoms with Gasteiger partial charge in [0.15, 0.2) is 5.56 Å². The molecule has 0 spiro atoms. The summed E-state index contributed by atoms with van der Waals surface area (Å²) in [6.45, 7) is 2.18. The van der Waals surface area contributed by atoms with Crippen LogP contribution in [-0.4, -0.2) is 9.55 Å². The zero-order valence-electron chi connectivity index (χ0n) is 9.10. The quantitative estimate of drug-likeness (QED) is 0.584. The fourth-order valence-electron chi connectivity index (χ4n) is 1.44. The van der Waals surface area contributed by atoms with Crippen molar-refractivity contribution in [3.05, 3.63) is 33.0 Å². The molecule has 0 radical (unpaired) electrons.